The molecule has 0 bridgehead atoms. The van der Waals surface area contributed by atoms with Crippen LogP contribution in [0.4, 0.5) is 4.39 Å². The molecule has 0 fully saturated rings. The summed E-state index contributed by atoms with van der Waals surface area (Å²) in [4.78, 5) is -0.719. The molecule has 0 amide bonds. The highest BCUT2D eigenvalue weighted by Crippen LogP contribution is 2.28. The zero-order chi connectivity index (χ0) is 10.8. The zero-order valence-electron chi connectivity index (χ0n) is 7.45. The molecule has 0 aliphatic rings. The van der Waals surface area contributed by atoms with Crippen molar-refractivity contribution in [2.75, 3.05) is 0 Å². The zero-order valence-corrected chi connectivity index (χ0v) is 8.97. The Labute approximate surface area is 95.6 Å². The first-order valence-electron chi connectivity index (χ1n) is 4.17. The first-order valence-corrected chi connectivity index (χ1v) is 5.05. The van der Waals surface area contributed by atoms with Crippen LogP contribution in [0.25, 0.3) is 11.3 Å². The summed E-state index contributed by atoms with van der Waals surface area (Å²) < 4.78 is 17.7. The lowest BCUT2D eigenvalue weighted by Crippen LogP contribution is -1.77. The third-order valence-electron chi connectivity index (χ3n) is 1.88. The molecule has 2 nitrogen and oxygen atoms in total. The minimum absolute atomic E-state index is 0.300. The van der Waals surface area contributed by atoms with Gasteiger partial charge < -0.3 is 4.52 Å². The molecule has 0 atom stereocenters. The standard InChI is InChI=1S/C10H6Cl2FNO/c11-10(12)8-5-9(15-14-8)6-1-3-7(13)4-2-6/h1-5,10H. The Morgan fingerprint density at radius 1 is 1.20 bits per heavy atom. The fourth-order valence-electron chi connectivity index (χ4n) is 1.14. The number of nitrogens with zero attached hydrogens (tertiary/aromatic N) is 1. The van der Waals surface area contributed by atoms with Crippen LogP contribution in [0, 0.1) is 5.82 Å². The molecule has 2 rings (SSSR count). The highest BCUT2D eigenvalue weighted by molar-refractivity contribution is 6.43. The van der Waals surface area contributed by atoms with Gasteiger partial charge in [0.25, 0.3) is 0 Å². The minimum Gasteiger partial charge on any atom is -0.356 e. The Kier molecular flexibility index (Phi) is 2.93. The number of rotatable bonds is 2. The van der Waals surface area contributed by atoms with E-state index in [0.29, 0.717) is 11.5 Å². The van der Waals surface area contributed by atoms with Crippen molar-refractivity contribution in [1.29, 1.82) is 0 Å². The summed E-state index contributed by atoms with van der Waals surface area (Å²) >= 11 is 11.2. The van der Waals surface area contributed by atoms with E-state index in [2.05, 4.69) is 5.16 Å². The van der Waals surface area contributed by atoms with Gasteiger partial charge in [0.1, 0.15) is 11.5 Å². The van der Waals surface area contributed by atoms with Crippen molar-refractivity contribution in [1.82, 2.24) is 5.16 Å². The fraction of sp³-hybridized carbons (Fsp3) is 0.100. The molecule has 2 aromatic rings. The predicted octanol–water partition coefficient (Wildman–Crippen LogP) is 3.96. The summed E-state index contributed by atoms with van der Waals surface area (Å²) in [6.45, 7) is 0. The number of hydrogen-bond acceptors (Lipinski definition) is 2. The molecule has 0 saturated carbocycles. The Bertz CT molecular complexity index is 453. The van der Waals surface area contributed by atoms with Crippen molar-refractivity contribution < 1.29 is 8.91 Å². The van der Waals surface area contributed by atoms with Crippen LogP contribution < -0.4 is 0 Å². The van der Waals surface area contributed by atoms with Gasteiger partial charge in [-0.1, -0.05) is 28.4 Å². The van der Waals surface area contributed by atoms with Crippen LogP contribution in [0.15, 0.2) is 34.9 Å². The van der Waals surface area contributed by atoms with Crippen molar-refractivity contribution in [3.05, 3.63) is 41.8 Å². The Balaban J connectivity index is 2.33. The molecule has 5 heteroatoms. The summed E-state index contributed by atoms with van der Waals surface area (Å²) in [6.07, 6.45) is 0. The first kappa shape index (κ1) is 10.5. The van der Waals surface area contributed by atoms with Crippen LogP contribution in [0.5, 0.6) is 0 Å². The van der Waals surface area contributed by atoms with E-state index in [9.17, 15) is 4.39 Å². The van der Waals surface area contributed by atoms with Crippen molar-refractivity contribution >= 4 is 23.2 Å². The van der Waals surface area contributed by atoms with E-state index in [1.54, 1.807) is 18.2 Å². The Hall–Kier alpha value is -1.06. The fourth-order valence-corrected chi connectivity index (χ4v) is 1.35. The van der Waals surface area contributed by atoms with Crippen molar-refractivity contribution in [2.24, 2.45) is 0 Å². The van der Waals surface area contributed by atoms with Crippen LogP contribution >= 0.6 is 23.2 Å². The number of benzene rings is 1. The van der Waals surface area contributed by atoms with Crippen molar-refractivity contribution in [3.63, 3.8) is 0 Å². The van der Waals surface area contributed by atoms with Crippen molar-refractivity contribution in [2.45, 2.75) is 4.84 Å². The molecule has 0 aliphatic heterocycles. The van der Waals surface area contributed by atoms with E-state index in [4.69, 9.17) is 27.7 Å². The van der Waals surface area contributed by atoms with Gasteiger partial charge in [0, 0.05) is 11.6 Å². The van der Waals surface area contributed by atoms with Gasteiger partial charge in [0.2, 0.25) is 0 Å². The van der Waals surface area contributed by atoms with Crippen LogP contribution in [-0.4, -0.2) is 5.16 Å². The lowest BCUT2D eigenvalue weighted by atomic mass is 10.1. The summed E-state index contributed by atoms with van der Waals surface area (Å²) in [7, 11) is 0. The van der Waals surface area contributed by atoms with Gasteiger partial charge in [0.15, 0.2) is 10.6 Å². The molecule has 0 spiro atoms. The number of alkyl halides is 2. The maximum absolute atomic E-state index is 12.6. The van der Waals surface area contributed by atoms with Gasteiger partial charge in [-0.05, 0) is 24.3 Å². The molecule has 0 aliphatic carbocycles. The predicted molar refractivity (Wildman–Crippen MR) is 56.3 cm³/mol. The van der Waals surface area contributed by atoms with Gasteiger partial charge in [-0.15, -0.1) is 0 Å². The number of hydrogen-bond donors (Lipinski definition) is 0. The van der Waals surface area contributed by atoms with E-state index in [0.717, 1.165) is 5.56 Å². The average molecular weight is 246 g/mol. The SMILES string of the molecule is Fc1ccc(-c2cc(C(Cl)Cl)no2)cc1. The quantitative estimate of drug-likeness (QED) is 0.749. The molecule has 1 heterocycles. The topological polar surface area (TPSA) is 26.0 Å². The van der Waals surface area contributed by atoms with Crippen LogP contribution in [0.1, 0.15) is 10.5 Å². The largest absolute Gasteiger partial charge is 0.356 e. The average Bonchev–Trinajstić information content (AvgIpc) is 2.68. The van der Waals surface area contributed by atoms with Gasteiger partial charge in [-0.3, -0.25) is 0 Å². The van der Waals surface area contributed by atoms with Crippen molar-refractivity contribution in [3.8, 4) is 11.3 Å². The second-order valence-corrected chi connectivity index (χ2v) is 4.02. The lowest BCUT2D eigenvalue weighted by molar-refractivity contribution is 0.426. The van der Waals surface area contributed by atoms with E-state index in [-0.39, 0.29) is 5.82 Å². The third kappa shape index (κ3) is 2.30. The molecule has 15 heavy (non-hydrogen) atoms. The van der Waals surface area contributed by atoms with E-state index >= 15 is 0 Å². The highest BCUT2D eigenvalue weighted by Gasteiger charge is 2.11. The summed E-state index contributed by atoms with van der Waals surface area (Å²) in [6, 6.07) is 7.50. The van der Waals surface area contributed by atoms with Crippen LogP contribution in [0.2, 0.25) is 0 Å². The number of halogens is 3. The molecule has 0 N–H and O–H groups in total. The molecule has 0 unspecified atom stereocenters. The Morgan fingerprint density at radius 3 is 2.40 bits per heavy atom. The molecular weight excluding hydrogens is 240 g/mol. The minimum atomic E-state index is -0.719. The van der Waals surface area contributed by atoms with Gasteiger partial charge in [-0.2, -0.15) is 0 Å². The molecule has 0 saturated heterocycles. The molecule has 1 aromatic carbocycles. The van der Waals surface area contributed by atoms with Crippen LogP contribution in [-0.2, 0) is 0 Å². The van der Waals surface area contributed by atoms with Gasteiger partial charge in [-0.25, -0.2) is 4.39 Å². The maximum atomic E-state index is 12.6. The molecule has 1 aromatic heterocycles. The number of aromatic nitrogens is 1. The highest BCUT2D eigenvalue weighted by atomic mass is 35.5. The van der Waals surface area contributed by atoms with Crippen LogP contribution in [0.3, 0.4) is 0 Å². The summed E-state index contributed by atoms with van der Waals surface area (Å²) in [5.41, 5.74) is 1.17. The molecular formula is C10H6Cl2FNO. The maximum Gasteiger partial charge on any atom is 0.167 e. The smallest absolute Gasteiger partial charge is 0.167 e. The molecule has 0 radical (unpaired) electrons. The Morgan fingerprint density at radius 2 is 1.87 bits per heavy atom. The third-order valence-corrected chi connectivity index (χ3v) is 2.33. The first-order chi connectivity index (χ1) is 7.16. The van der Waals surface area contributed by atoms with Gasteiger partial charge in [0.05, 0.1) is 0 Å². The van der Waals surface area contributed by atoms with E-state index in [1.165, 1.54) is 12.1 Å². The second-order valence-electron chi connectivity index (χ2n) is 2.92. The van der Waals surface area contributed by atoms with E-state index < -0.39 is 4.84 Å². The monoisotopic (exact) mass is 245 g/mol. The molecule has 78 valence electrons. The van der Waals surface area contributed by atoms with E-state index in [1.807, 2.05) is 0 Å². The lowest BCUT2D eigenvalue weighted by Gasteiger charge is -1.93. The van der Waals surface area contributed by atoms with Gasteiger partial charge >= 0.3 is 0 Å². The summed E-state index contributed by atoms with van der Waals surface area (Å²) in [5, 5.41) is 3.68. The summed E-state index contributed by atoms with van der Waals surface area (Å²) in [5.74, 6) is 0.211. The normalized spacial score (nSPS) is 10.9. The second kappa shape index (κ2) is 4.21.